The average molecular weight is 340 g/mol. The van der Waals surface area contributed by atoms with Crippen molar-refractivity contribution in [1.29, 1.82) is 0 Å². The first-order valence-electron chi connectivity index (χ1n) is 5.75. The molecule has 3 rings (SSSR count). The summed E-state index contributed by atoms with van der Waals surface area (Å²) in [5.41, 5.74) is 0.546. The standard InChI is InChI=1S/C15H10BrNO2.Na.H/c1-19-15(18)9-2-3-11-10(6-9)7-14(16)12-4-5-17-8-13(11)12;;/h2-8H,1H3;;. The van der Waals surface area contributed by atoms with Crippen molar-refractivity contribution in [2.24, 2.45) is 0 Å². The Kier molecular flexibility index (Phi) is 4.81. The fraction of sp³-hybridized carbons (Fsp3) is 0.0667. The number of nitrogens with zero attached hydrogens (tertiary/aromatic N) is 1. The van der Waals surface area contributed by atoms with Gasteiger partial charge in [0.25, 0.3) is 0 Å². The van der Waals surface area contributed by atoms with Gasteiger partial charge in [-0.3, -0.25) is 4.98 Å². The summed E-state index contributed by atoms with van der Waals surface area (Å²) in [5, 5.41) is 4.21. The van der Waals surface area contributed by atoms with Gasteiger partial charge in [0, 0.05) is 22.3 Å². The number of hydrogen-bond acceptors (Lipinski definition) is 3. The van der Waals surface area contributed by atoms with Crippen molar-refractivity contribution in [3.05, 3.63) is 52.8 Å². The molecule has 0 atom stereocenters. The molecule has 1 heterocycles. The molecule has 1 aromatic heterocycles. The number of hydrogen-bond donors (Lipinski definition) is 0. The SMILES string of the molecule is COC(=O)c1ccc2c(c1)cc(Br)c1ccncc12.[NaH]. The molecule has 0 radical (unpaired) electrons. The van der Waals surface area contributed by atoms with Crippen LogP contribution in [0.5, 0.6) is 0 Å². The number of rotatable bonds is 1. The number of carbonyl (C=O) groups is 1. The summed E-state index contributed by atoms with van der Waals surface area (Å²) in [4.78, 5) is 15.7. The van der Waals surface area contributed by atoms with Gasteiger partial charge in [0.1, 0.15) is 0 Å². The molecule has 0 spiro atoms. The Hall–Kier alpha value is -0.940. The summed E-state index contributed by atoms with van der Waals surface area (Å²) in [6.45, 7) is 0. The Morgan fingerprint density at radius 1 is 1.15 bits per heavy atom. The fourth-order valence-electron chi connectivity index (χ4n) is 2.20. The number of carbonyl (C=O) groups excluding carboxylic acids is 1. The zero-order chi connectivity index (χ0) is 13.4. The molecule has 96 valence electrons. The molecular formula is C15H11BrNNaO2. The van der Waals surface area contributed by atoms with Crippen molar-refractivity contribution < 1.29 is 9.53 Å². The van der Waals surface area contributed by atoms with E-state index in [4.69, 9.17) is 4.74 Å². The number of pyridine rings is 1. The van der Waals surface area contributed by atoms with Crippen molar-refractivity contribution in [2.75, 3.05) is 7.11 Å². The van der Waals surface area contributed by atoms with Gasteiger partial charge in [-0.15, -0.1) is 0 Å². The quantitative estimate of drug-likeness (QED) is 0.388. The van der Waals surface area contributed by atoms with Gasteiger partial charge in [0.05, 0.1) is 12.7 Å². The summed E-state index contributed by atoms with van der Waals surface area (Å²) in [6, 6.07) is 9.50. The average Bonchev–Trinajstić information content (AvgIpc) is 2.46. The normalized spacial score (nSPS) is 10.3. The van der Waals surface area contributed by atoms with Crippen LogP contribution in [0.4, 0.5) is 0 Å². The second kappa shape index (κ2) is 6.22. The van der Waals surface area contributed by atoms with Crippen LogP contribution >= 0.6 is 15.9 Å². The molecule has 2 aromatic carbocycles. The first-order valence-corrected chi connectivity index (χ1v) is 6.54. The third kappa shape index (κ3) is 2.61. The van der Waals surface area contributed by atoms with Gasteiger partial charge in [0.15, 0.2) is 0 Å². The van der Waals surface area contributed by atoms with E-state index < -0.39 is 0 Å². The molecule has 3 aromatic rings. The summed E-state index contributed by atoms with van der Waals surface area (Å²) in [5.74, 6) is -0.329. The van der Waals surface area contributed by atoms with Crippen molar-refractivity contribution in [3.8, 4) is 0 Å². The second-order valence-electron chi connectivity index (χ2n) is 4.21. The molecule has 3 nitrogen and oxygen atoms in total. The maximum absolute atomic E-state index is 11.6. The van der Waals surface area contributed by atoms with Crippen LogP contribution in [-0.2, 0) is 4.74 Å². The molecule has 0 aliphatic carbocycles. The topological polar surface area (TPSA) is 39.2 Å². The third-order valence-electron chi connectivity index (χ3n) is 3.12. The van der Waals surface area contributed by atoms with E-state index in [1.807, 2.05) is 30.5 Å². The van der Waals surface area contributed by atoms with E-state index in [2.05, 4.69) is 20.9 Å². The molecule has 0 aliphatic rings. The van der Waals surface area contributed by atoms with Crippen molar-refractivity contribution in [2.45, 2.75) is 0 Å². The molecule has 0 amide bonds. The van der Waals surface area contributed by atoms with Gasteiger partial charge in [-0.2, -0.15) is 0 Å². The number of fused-ring (bicyclic) bond motifs is 3. The molecular weight excluding hydrogens is 329 g/mol. The molecule has 0 saturated heterocycles. The Morgan fingerprint density at radius 2 is 1.95 bits per heavy atom. The number of aromatic nitrogens is 1. The maximum atomic E-state index is 11.6. The third-order valence-corrected chi connectivity index (χ3v) is 3.78. The molecule has 0 bridgehead atoms. The molecule has 0 saturated carbocycles. The zero-order valence-corrected chi connectivity index (χ0v) is 11.8. The van der Waals surface area contributed by atoms with E-state index in [0.717, 1.165) is 26.0 Å². The van der Waals surface area contributed by atoms with Gasteiger partial charge in [-0.1, -0.05) is 22.0 Å². The summed E-state index contributed by atoms with van der Waals surface area (Å²) in [6.07, 6.45) is 3.60. The summed E-state index contributed by atoms with van der Waals surface area (Å²) in [7, 11) is 1.38. The van der Waals surface area contributed by atoms with Crippen LogP contribution in [0.15, 0.2) is 47.2 Å². The van der Waals surface area contributed by atoms with Crippen molar-refractivity contribution in [1.82, 2.24) is 4.98 Å². The summed E-state index contributed by atoms with van der Waals surface area (Å²) >= 11 is 3.55. The molecule has 0 fully saturated rings. The number of halogens is 1. The van der Waals surface area contributed by atoms with Crippen LogP contribution in [0.2, 0.25) is 0 Å². The number of methoxy groups -OCH3 is 1. The zero-order valence-electron chi connectivity index (χ0n) is 10.2. The van der Waals surface area contributed by atoms with E-state index in [0.29, 0.717) is 5.56 Å². The van der Waals surface area contributed by atoms with Crippen LogP contribution in [-0.4, -0.2) is 47.6 Å². The Bertz CT molecular complexity index is 804. The van der Waals surface area contributed by atoms with Crippen LogP contribution < -0.4 is 0 Å². The number of benzene rings is 2. The molecule has 0 unspecified atom stereocenters. The van der Waals surface area contributed by atoms with Crippen LogP contribution in [0.3, 0.4) is 0 Å². The van der Waals surface area contributed by atoms with E-state index in [9.17, 15) is 4.79 Å². The van der Waals surface area contributed by atoms with Crippen LogP contribution in [0.25, 0.3) is 21.5 Å². The molecule has 0 aliphatic heterocycles. The van der Waals surface area contributed by atoms with E-state index in [-0.39, 0.29) is 35.5 Å². The Balaban J connectivity index is 0.00000147. The second-order valence-corrected chi connectivity index (χ2v) is 5.06. The van der Waals surface area contributed by atoms with E-state index in [1.165, 1.54) is 7.11 Å². The minimum absolute atomic E-state index is 0. The van der Waals surface area contributed by atoms with Gasteiger partial charge in [-0.25, -0.2) is 4.79 Å². The van der Waals surface area contributed by atoms with Crippen molar-refractivity contribution in [3.63, 3.8) is 0 Å². The minimum atomic E-state index is -0.329. The predicted octanol–water partition coefficient (Wildman–Crippen LogP) is 3.29. The van der Waals surface area contributed by atoms with Crippen LogP contribution in [0, 0.1) is 0 Å². The monoisotopic (exact) mass is 339 g/mol. The molecule has 20 heavy (non-hydrogen) atoms. The van der Waals surface area contributed by atoms with Crippen LogP contribution in [0.1, 0.15) is 10.4 Å². The first kappa shape index (κ1) is 15.4. The first-order chi connectivity index (χ1) is 9.20. The fourth-order valence-corrected chi connectivity index (χ4v) is 2.80. The Morgan fingerprint density at radius 3 is 2.70 bits per heavy atom. The van der Waals surface area contributed by atoms with Gasteiger partial charge < -0.3 is 4.74 Å². The van der Waals surface area contributed by atoms with E-state index in [1.54, 1.807) is 12.3 Å². The number of esters is 1. The van der Waals surface area contributed by atoms with E-state index >= 15 is 0 Å². The molecule has 0 N–H and O–H groups in total. The predicted molar refractivity (Wildman–Crippen MR) is 85.4 cm³/mol. The van der Waals surface area contributed by atoms with Gasteiger partial charge >= 0.3 is 35.5 Å². The van der Waals surface area contributed by atoms with Crippen molar-refractivity contribution >= 4 is 73.0 Å². The summed E-state index contributed by atoms with van der Waals surface area (Å²) < 4.78 is 5.73. The Labute approximate surface area is 146 Å². The number of ether oxygens (including phenoxy) is 1. The van der Waals surface area contributed by atoms with Gasteiger partial charge in [-0.05, 0) is 40.4 Å². The molecule has 5 heteroatoms. The van der Waals surface area contributed by atoms with Gasteiger partial charge in [0.2, 0.25) is 0 Å².